The Kier molecular flexibility index (Phi) is 4.77. The van der Waals surface area contributed by atoms with Crippen LogP contribution in [0.25, 0.3) is 0 Å². The van der Waals surface area contributed by atoms with E-state index in [1.54, 1.807) is 17.9 Å². The summed E-state index contributed by atoms with van der Waals surface area (Å²) in [5, 5.41) is 10.6. The average molecular weight is 239 g/mol. The highest BCUT2D eigenvalue weighted by atomic mass is 16.1. The largest absolute Gasteiger partial charge is 0.368 e. The zero-order valence-electron chi connectivity index (χ0n) is 10.0. The number of nitrogens with one attached hydrogen (secondary N) is 1. The van der Waals surface area contributed by atoms with E-state index >= 15 is 0 Å². The van der Waals surface area contributed by atoms with Crippen molar-refractivity contribution in [2.24, 2.45) is 5.73 Å². The summed E-state index contributed by atoms with van der Waals surface area (Å²) in [5.41, 5.74) is 5.83. The van der Waals surface area contributed by atoms with Crippen molar-refractivity contribution in [3.05, 3.63) is 11.9 Å². The van der Waals surface area contributed by atoms with E-state index in [0.717, 1.165) is 0 Å². The lowest BCUT2D eigenvalue weighted by Gasteiger charge is -2.11. The van der Waals surface area contributed by atoms with Crippen LogP contribution in [0.4, 0.5) is 0 Å². The van der Waals surface area contributed by atoms with Crippen molar-refractivity contribution < 1.29 is 9.59 Å². The van der Waals surface area contributed by atoms with Gasteiger partial charge in [-0.2, -0.15) is 0 Å². The fourth-order valence-electron chi connectivity index (χ4n) is 1.47. The minimum Gasteiger partial charge on any atom is -0.368 e. The van der Waals surface area contributed by atoms with Gasteiger partial charge in [-0.25, -0.2) is 0 Å². The summed E-state index contributed by atoms with van der Waals surface area (Å²) < 4.78 is 1.60. The molecule has 1 heterocycles. The van der Waals surface area contributed by atoms with E-state index in [1.165, 1.54) is 6.92 Å². The van der Waals surface area contributed by atoms with Crippen molar-refractivity contribution in [3.63, 3.8) is 0 Å². The molecule has 1 aromatic rings. The number of likely N-dealkylation sites (N-methyl/N-ethyl adjacent to an activating group) is 1. The molecule has 1 rings (SSSR count). The van der Waals surface area contributed by atoms with Crippen molar-refractivity contribution >= 4 is 11.7 Å². The number of amides is 1. The Bertz CT molecular complexity index is 401. The number of nitrogens with two attached hydrogens (primary N) is 1. The zero-order chi connectivity index (χ0) is 12.8. The Labute approximate surface area is 99.4 Å². The fraction of sp³-hybridized carbons (Fsp3) is 0.600. The van der Waals surface area contributed by atoms with Gasteiger partial charge in [-0.15, -0.1) is 5.10 Å². The lowest BCUT2D eigenvalue weighted by atomic mass is 10.2. The molecule has 0 aliphatic rings. The highest BCUT2D eigenvalue weighted by Gasteiger charge is 2.12. The Balaban J connectivity index is 2.49. The van der Waals surface area contributed by atoms with Gasteiger partial charge in [0.05, 0.1) is 18.2 Å². The molecule has 1 amide bonds. The number of aromatic nitrogens is 3. The highest BCUT2D eigenvalue weighted by Crippen LogP contribution is 1.99. The van der Waals surface area contributed by atoms with Crippen LogP contribution in [0, 0.1) is 0 Å². The van der Waals surface area contributed by atoms with E-state index in [9.17, 15) is 9.59 Å². The number of hydrogen-bond donors (Lipinski definition) is 2. The second-order valence-electron chi connectivity index (χ2n) is 3.88. The molecule has 0 aliphatic heterocycles. The van der Waals surface area contributed by atoms with Crippen molar-refractivity contribution in [3.8, 4) is 0 Å². The molecule has 1 unspecified atom stereocenters. The van der Waals surface area contributed by atoms with E-state index in [2.05, 4.69) is 15.6 Å². The number of ketones is 1. The van der Waals surface area contributed by atoms with Crippen molar-refractivity contribution in [2.75, 3.05) is 7.05 Å². The molecule has 0 bridgehead atoms. The summed E-state index contributed by atoms with van der Waals surface area (Å²) >= 11 is 0. The molecule has 0 fully saturated rings. The van der Waals surface area contributed by atoms with Crippen LogP contribution in [0.3, 0.4) is 0 Å². The Morgan fingerprint density at radius 1 is 1.59 bits per heavy atom. The zero-order valence-corrected chi connectivity index (χ0v) is 10.0. The summed E-state index contributed by atoms with van der Waals surface area (Å²) in [6, 6.07) is -0.379. The number of Topliss-reactive ketones (excluding diaryl/α,β-unsaturated/α-hetero) is 1. The maximum atomic E-state index is 11.0. The van der Waals surface area contributed by atoms with Crippen molar-refractivity contribution in [2.45, 2.75) is 32.4 Å². The molecular formula is C10H17N5O2. The van der Waals surface area contributed by atoms with Gasteiger partial charge in [0.25, 0.3) is 0 Å². The van der Waals surface area contributed by atoms with E-state index in [0.29, 0.717) is 18.7 Å². The summed E-state index contributed by atoms with van der Waals surface area (Å²) in [7, 11) is 1.68. The first kappa shape index (κ1) is 13.3. The van der Waals surface area contributed by atoms with Gasteiger partial charge in [-0.1, -0.05) is 5.21 Å². The van der Waals surface area contributed by atoms with E-state index in [-0.39, 0.29) is 18.2 Å². The minimum atomic E-state index is -0.392. The minimum absolute atomic E-state index is 0.0438. The summed E-state index contributed by atoms with van der Waals surface area (Å²) in [6.45, 7) is 2.03. The van der Waals surface area contributed by atoms with Crippen LogP contribution in [0.15, 0.2) is 6.20 Å². The third kappa shape index (κ3) is 4.31. The van der Waals surface area contributed by atoms with Crippen LogP contribution in [-0.4, -0.2) is 39.8 Å². The van der Waals surface area contributed by atoms with Gasteiger partial charge in [-0.05, 0) is 20.4 Å². The van der Waals surface area contributed by atoms with Crippen LogP contribution in [0.5, 0.6) is 0 Å². The standard InChI is InChI=1S/C10H17N5O2/c1-7(16)5-8-6-15(14-13-8)4-3-9(12-2)10(11)17/h6,9,12H,3-5H2,1-2H3,(H2,11,17). The summed E-state index contributed by atoms with van der Waals surface area (Å²) in [6.07, 6.45) is 2.52. The molecule has 0 aliphatic carbocycles. The molecule has 0 aromatic carbocycles. The first-order valence-corrected chi connectivity index (χ1v) is 5.38. The van der Waals surface area contributed by atoms with Crippen molar-refractivity contribution in [1.82, 2.24) is 20.3 Å². The second-order valence-corrected chi connectivity index (χ2v) is 3.88. The number of carbonyl (C=O) groups is 2. The van der Waals surface area contributed by atoms with Crippen LogP contribution in [0.1, 0.15) is 19.0 Å². The third-order valence-corrected chi connectivity index (χ3v) is 2.35. The molecule has 1 aromatic heterocycles. The lowest BCUT2D eigenvalue weighted by Crippen LogP contribution is -2.39. The number of rotatable bonds is 7. The first-order valence-electron chi connectivity index (χ1n) is 5.38. The first-order chi connectivity index (χ1) is 8.02. The SMILES string of the molecule is CNC(CCn1cc(CC(C)=O)nn1)C(N)=O. The predicted molar refractivity (Wildman–Crippen MR) is 61.1 cm³/mol. The fourth-order valence-corrected chi connectivity index (χ4v) is 1.47. The van der Waals surface area contributed by atoms with Gasteiger partial charge in [-0.3, -0.25) is 14.3 Å². The number of carbonyl (C=O) groups excluding carboxylic acids is 2. The van der Waals surface area contributed by atoms with Gasteiger partial charge in [0.2, 0.25) is 5.91 Å². The van der Waals surface area contributed by atoms with Gasteiger partial charge >= 0.3 is 0 Å². The molecule has 3 N–H and O–H groups in total. The van der Waals surface area contributed by atoms with Crippen LogP contribution in [-0.2, 0) is 22.6 Å². The maximum Gasteiger partial charge on any atom is 0.234 e. The molecule has 0 saturated carbocycles. The quantitative estimate of drug-likeness (QED) is 0.627. The highest BCUT2D eigenvalue weighted by molar-refractivity contribution is 5.79. The number of primary amides is 1. The summed E-state index contributed by atoms with van der Waals surface area (Å²) in [5.74, 6) is -0.348. The molecule has 1 atom stereocenters. The van der Waals surface area contributed by atoms with Gasteiger partial charge < -0.3 is 11.1 Å². The topological polar surface area (TPSA) is 103 Å². The molecule has 0 spiro atoms. The van der Waals surface area contributed by atoms with Gasteiger partial charge in [0.15, 0.2) is 0 Å². The normalized spacial score (nSPS) is 12.4. The van der Waals surface area contributed by atoms with Gasteiger partial charge in [0, 0.05) is 12.7 Å². The third-order valence-electron chi connectivity index (χ3n) is 2.35. The van der Waals surface area contributed by atoms with E-state index in [4.69, 9.17) is 5.73 Å². The number of aryl methyl sites for hydroxylation is 1. The van der Waals surface area contributed by atoms with Crippen LogP contribution < -0.4 is 11.1 Å². The predicted octanol–water partition coefficient (Wildman–Crippen LogP) is -1.13. The average Bonchev–Trinajstić information content (AvgIpc) is 2.65. The van der Waals surface area contributed by atoms with E-state index < -0.39 is 5.91 Å². The summed E-state index contributed by atoms with van der Waals surface area (Å²) in [4.78, 5) is 21.8. The van der Waals surface area contributed by atoms with Crippen LogP contribution >= 0.6 is 0 Å². The molecule has 94 valence electrons. The number of nitrogens with zero attached hydrogens (tertiary/aromatic N) is 3. The van der Waals surface area contributed by atoms with Crippen molar-refractivity contribution in [1.29, 1.82) is 0 Å². The molecule has 0 saturated heterocycles. The van der Waals surface area contributed by atoms with E-state index in [1.807, 2.05) is 0 Å². The number of hydrogen-bond acceptors (Lipinski definition) is 5. The smallest absolute Gasteiger partial charge is 0.234 e. The Hall–Kier alpha value is -1.76. The monoisotopic (exact) mass is 239 g/mol. The Morgan fingerprint density at radius 3 is 2.82 bits per heavy atom. The maximum absolute atomic E-state index is 11.0. The van der Waals surface area contributed by atoms with Gasteiger partial charge in [0.1, 0.15) is 5.78 Å². The molecule has 7 nitrogen and oxygen atoms in total. The second kappa shape index (κ2) is 6.09. The lowest BCUT2D eigenvalue weighted by molar-refractivity contribution is -0.120. The molecule has 17 heavy (non-hydrogen) atoms. The Morgan fingerprint density at radius 2 is 2.29 bits per heavy atom. The molecule has 7 heteroatoms. The molecular weight excluding hydrogens is 222 g/mol. The van der Waals surface area contributed by atoms with Crippen LogP contribution in [0.2, 0.25) is 0 Å². The molecule has 0 radical (unpaired) electrons.